The second kappa shape index (κ2) is 11.1. The molecular weight excluding hydrogens is 390 g/mol. The van der Waals surface area contributed by atoms with Gasteiger partial charge in [-0.25, -0.2) is 4.98 Å². The van der Waals surface area contributed by atoms with Crippen molar-refractivity contribution in [1.29, 1.82) is 0 Å². The van der Waals surface area contributed by atoms with Gasteiger partial charge in [-0.15, -0.1) is 0 Å². The SMILES string of the molecule is CNC(=O)C(NC(CCc1ccc(OC)cc1)c1cccnc1OC)c1ccccc1. The zero-order chi connectivity index (χ0) is 22.1. The Labute approximate surface area is 183 Å². The minimum absolute atomic E-state index is 0.0940. The van der Waals surface area contributed by atoms with E-state index < -0.39 is 6.04 Å². The fraction of sp³-hybridized carbons (Fsp3) is 0.280. The molecule has 2 N–H and O–H groups in total. The molecule has 2 atom stereocenters. The van der Waals surface area contributed by atoms with E-state index >= 15 is 0 Å². The van der Waals surface area contributed by atoms with Crippen LogP contribution < -0.4 is 20.1 Å². The van der Waals surface area contributed by atoms with Gasteiger partial charge in [0, 0.05) is 24.8 Å². The zero-order valence-electron chi connectivity index (χ0n) is 18.2. The molecule has 1 amide bonds. The number of aromatic nitrogens is 1. The van der Waals surface area contributed by atoms with Gasteiger partial charge in [0.15, 0.2) is 0 Å². The number of hydrogen-bond acceptors (Lipinski definition) is 5. The molecule has 0 spiro atoms. The molecule has 0 aliphatic carbocycles. The second-order valence-corrected chi connectivity index (χ2v) is 7.17. The maximum Gasteiger partial charge on any atom is 0.241 e. The molecule has 2 unspecified atom stereocenters. The van der Waals surface area contributed by atoms with Crippen molar-refractivity contribution in [1.82, 2.24) is 15.6 Å². The molecule has 0 saturated heterocycles. The van der Waals surface area contributed by atoms with Crippen molar-refractivity contribution in [2.45, 2.75) is 24.9 Å². The smallest absolute Gasteiger partial charge is 0.241 e. The highest BCUT2D eigenvalue weighted by Crippen LogP contribution is 2.29. The minimum Gasteiger partial charge on any atom is -0.497 e. The first-order valence-electron chi connectivity index (χ1n) is 10.3. The maximum atomic E-state index is 12.7. The molecular formula is C25H29N3O3. The van der Waals surface area contributed by atoms with E-state index in [9.17, 15) is 4.79 Å². The zero-order valence-corrected chi connectivity index (χ0v) is 18.2. The van der Waals surface area contributed by atoms with Crippen LogP contribution in [0, 0.1) is 0 Å². The van der Waals surface area contributed by atoms with E-state index in [0.29, 0.717) is 5.88 Å². The largest absolute Gasteiger partial charge is 0.497 e. The van der Waals surface area contributed by atoms with Crippen LogP contribution in [0.3, 0.4) is 0 Å². The van der Waals surface area contributed by atoms with Gasteiger partial charge in [-0.05, 0) is 42.2 Å². The first-order valence-corrected chi connectivity index (χ1v) is 10.3. The van der Waals surface area contributed by atoms with E-state index in [0.717, 1.165) is 29.7 Å². The topological polar surface area (TPSA) is 72.5 Å². The highest BCUT2D eigenvalue weighted by Gasteiger charge is 2.26. The third kappa shape index (κ3) is 5.83. The fourth-order valence-electron chi connectivity index (χ4n) is 3.59. The number of rotatable bonds is 10. The summed E-state index contributed by atoms with van der Waals surface area (Å²) in [5.41, 5.74) is 3.01. The van der Waals surface area contributed by atoms with E-state index in [4.69, 9.17) is 9.47 Å². The van der Waals surface area contributed by atoms with Crippen LogP contribution in [-0.4, -0.2) is 32.2 Å². The summed E-state index contributed by atoms with van der Waals surface area (Å²) in [7, 11) is 4.92. The van der Waals surface area contributed by atoms with Crippen molar-refractivity contribution in [3.63, 3.8) is 0 Å². The summed E-state index contributed by atoms with van der Waals surface area (Å²) in [4.78, 5) is 17.1. The third-order valence-electron chi connectivity index (χ3n) is 5.26. The van der Waals surface area contributed by atoms with Gasteiger partial charge in [-0.1, -0.05) is 48.5 Å². The van der Waals surface area contributed by atoms with Crippen molar-refractivity contribution in [2.24, 2.45) is 0 Å². The van der Waals surface area contributed by atoms with Gasteiger partial charge in [0.1, 0.15) is 11.8 Å². The number of amides is 1. The summed E-state index contributed by atoms with van der Waals surface area (Å²) in [6, 6.07) is 21.0. The minimum atomic E-state index is -0.503. The van der Waals surface area contributed by atoms with Gasteiger partial charge in [0.25, 0.3) is 0 Å². The van der Waals surface area contributed by atoms with Crippen LogP contribution in [0.4, 0.5) is 0 Å². The van der Waals surface area contributed by atoms with Crippen molar-refractivity contribution in [3.8, 4) is 11.6 Å². The first kappa shape index (κ1) is 22.3. The number of hydrogen-bond donors (Lipinski definition) is 2. The first-order chi connectivity index (χ1) is 15.2. The van der Waals surface area contributed by atoms with Crippen molar-refractivity contribution >= 4 is 5.91 Å². The number of pyridine rings is 1. The summed E-state index contributed by atoms with van der Waals surface area (Å²) < 4.78 is 10.8. The predicted octanol–water partition coefficient (Wildman–Crippen LogP) is 3.85. The molecule has 0 saturated carbocycles. The van der Waals surface area contributed by atoms with Crippen molar-refractivity contribution < 1.29 is 14.3 Å². The normalized spacial score (nSPS) is 12.6. The number of carbonyl (C=O) groups excluding carboxylic acids is 1. The molecule has 0 fully saturated rings. The molecule has 3 rings (SSSR count). The average molecular weight is 420 g/mol. The molecule has 6 nitrogen and oxygen atoms in total. The van der Waals surface area contributed by atoms with Gasteiger partial charge in [0.05, 0.1) is 14.2 Å². The molecule has 0 radical (unpaired) electrons. The van der Waals surface area contributed by atoms with Gasteiger partial charge >= 0.3 is 0 Å². The number of likely N-dealkylation sites (N-methyl/N-ethyl adjacent to an activating group) is 1. The van der Waals surface area contributed by atoms with Crippen LogP contribution >= 0.6 is 0 Å². The Bertz CT molecular complexity index is 961. The summed E-state index contributed by atoms with van der Waals surface area (Å²) in [5.74, 6) is 1.29. The third-order valence-corrected chi connectivity index (χ3v) is 5.26. The van der Waals surface area contributed by atoms with E-state index in [1.807, 2.05) is 54.6 Å². The molecule has 1 aromatic heterocycles. The number of methoxy groups -OCH3 is 2. The number of nitrogens with one attached hydrogen (secondary N) is 2. The lowest BCUT2D eigenvalue weighted by molar-refractivity contribution is -0.123. The van der Waals surface area contributed by atoms with Crippen LogP contribution in [0.25, 0.3) is 0 Å². The molecule has 0 aliphatic heterocycles. The molecule has 1 heterocycles. The van der Waals surface area contributed by atoms with E-state index in [2.05, 4.69) is 27.8 Å². The number of carbonyl (C=O) groups is 1. The molecule has 162 valence electrons. The summed E-state index contributed by atoms with van der Waals surface area (Å²) in [6.45, 7) is 0. The van der Waals surface area contributed by atoms with Gasteiger partial charge in [-0.2, -0.15) is 0 Å². The van der Waals surface area contributed by atoms with E-state index in [1.54, 1.807) is 27.5 Å². The van der Waals surface area contributed by atoms with E-state index in [-0.39, 0.29) is 11.9 Å². The highest BCUT2D eigenvalue weighted by molar-refractivity contribution is 5.83. The molecule has 2 aromatic carbocycles. The standard InChI is InChI=1S/C25H29N3O3/c1-26-24(29)23(19-8-5-4-6-9-19)28-22(21-10-7-17-27-25(21)31-3)16-13-18-11-14-20(30-2)15-12-18/h4-12,14-15,17,22-23,28H,13,16H2,1-3H3,(H,26,29). The van der Waals surface area contributed by atoms with Crippen LogP contribution in [0.5, 0.6) is 11.6 Å². The van der Waals surface area contributed by atoms with Crippen LogP contribution in [-0.2, 0) is 11.2 Å². The van der Waals surface area contributed by atoms with Crippen molar-refractivity contribution in [3.05, 3.63) is 89.6 Å². The van der Waals surface area contributed by atoms with E-state index in [1.165, 1.54) is 5.56 Å². The Morgan fingerprint density at radius 3 is 2.35 bits per heavy atom. The monoisotopic (exact) mass is 419 g/mol. The van der Waals surface area contributed by atoms with Gasteiger partial charge in [0.2, 0.25) is 11.8 Å². The van der Waals surface area contributed by atoms with Gasteiger partial charge in [-0.3, -0.25) is 10.1 Å². The summed E-state index contributed by atoms with van der Waals surface area (Å²) in [5, 5.41) is 6.32. The average Bonchev–Trinajstić information content (AvgIpc) is 2.84. The lowest BCUT2D eigenvalue weighted by atomic mass is 9.97. The number of nitrogens with zero attached hydrogens (tertiary/aromatic N) is 1. The molecule has 0 aliphatic rings. The van der Waals surface area contributed by atoms with Crippen LogP contribution in [0.15, 0.2) is 72.9 Å². The summed E-state index contributed by atoms with van der Waals surface area (Å²) in [6.07, 6.45) is 3.28. The highest BCUT2D eigenvalue weighted by atomic mass is 16.5. The summed E-state index contributed by atoms with van der Waals surface area (Å²) >= 11 is 0. The molecule has 31 heavy (non-hydrogen) atoms. The van der Waals surface area contributed by atoms with Crippen LogP contribution in [0.1, 0.15) is 35.2 Å². The fourth-order valence-corrected chi connectivity index (χ4v) is 3.59. The number of ether oxygens (including phenoxy) is 2. The Morgan fingerprint density at radius 1 is 0.968 bits per heavy atom. The number of aryl methyl sites for hydroxylation is 1. The van der Waals surface area contributed by atoms with Crippen molar-refractivity contribution in [2.75, 3.05) is 21.3 Å². The lowest BCUT2D eigenvalue weighted by Gasteiger charge is -2.26. The predicted molar refractivity (Wildman–Crippen MR) is 121 cm³/mol. The van der Waals surface area contributed by atoms with Gasteiger partial charge < -0.3 is 14.8 Å². The Kier molecular flexibility index (Phi) is 8.01. The molecule has 3 aromatic rings. The number of benzene rings is 2. The quantitative estimate of drug-likeness (QED) is 0.522. The second-order valence-electron chi connectivity index (χ2n) is 7.17. The maximum absolute atomic E-state index is 12.7. The lowest BCUT2D eigenvalue weighted by Crippen LogP contribution is -2.38. The Hall–Kier alpha value is -3.38. The Morgan fingerprint density at radius 2 is 1.71 bits per heavy atom. The molecule has 0 bridgehead atoms. The Balaban J connectivity index is 1.89. The van der Waals surface area contributed by atoms with Crippen LogP contribution in [0.2, 0.25) is 0 Å². The molecule has 6 heteroatoms.